The Balaban J connectivity index is 2.23. The number of hydrogen-bond acceptors (Lipinski definition) is 3. The SMILES string of the molecule is CCC(CNc1ccc(C#N)c2ccccc12)CC(=O)O. The third-order valence-corrected chi connectivity index (χ3v) is 3.67. The molecular weight excluding hydrogens is 264 g/mol. The van der Waals surface area contributed by atoms with Crippen molar-refractivity contribution in [3.8, 4) is 6.07 Å². The van der Waals surface area contributed by atoms with Crippen LogP contribution in [0.15, 0.2) is 36.4 Å². The highest BCUT2D eigenvalue weighted by Gasteiger charge is 2.12. The summed E-state index contributed by atoms with van der Waals surface area (Å²) < 4.78 is 0. The van der Waals surface area contributed by atoms with Crippen molar-refractivity contribution >= 4 is 22.4 Å². The molecular formula is C17H18N2O2. The maximum atomic E-state index is 10.8. The van der Waals surface area contributed by atoms with Gasteiger partial charge in [0.25, 0.3) is 0 Å². The van der Waals surface area contributed by atoms with Crippen LogP contribution in [0.1, 0.15) is 25.3 Å². The molecule has 0 amide bonds. The van der Waals surface area contributed by atoms with Gasteiger partial charge in [-0.1, -0.05) is 37.6 Å². The fourth-order valence-electron chi connectivity index (χ4n) is 2.41. The summed E-state index contributed by atoms with van der Waals surface area (Å²) in [5, 5.41) is 23.3. The molecule has 108 valence electrons. The molecule has 1 unspecified atom stereocenters. The van der Waals surface area contributed by atoms with Crippen LogP contribution in [0.3, 0.4) is 0 Å². The lowest BCUT2D eigenvalue weighted by atomic mass is 10.0. The number of carboxylic acids is 1. The van der Waals surface area contributed by atoms with Crippen molar-refractivity contribution in [1.82, 2.24) is 0 Å². The van der Waals surface area contributed by atoms with Crippen molar-refractivity contribution in [3.63, 3.8) is 0 Å². The van der Waals surface area contributed by atoms with Gasteiger partial charge in [0.15, 0.2) is 0 Å². The molecule has 4 heteroatoms. The summed E-state index contributed by atoms with van der Waals surface area (Å²) in [5.41, 5.74) is 1.59. The van der Waals surface area contributed by atoms with Crippen molar-refractivity contribution in [1.29, 1.82) is 5.26 Å². The number of aliphatic carboxylic acids is 1. The van der Waals surface area contributed by atoms with E-state index in [0.717, 1.165) is 22.9 Å². The molecule has 2 aromatic carbocycles. The van der Waals surface area contributed by atoms with E-state index in [1.807, 2.05) is 37.3 Å². The molecule has 4 nitrogen and oxygen atoms in total. The Hall–Kier alpha value is -2.54. The summed E-state index contributed by atoms with van der Waals surface area (Å²) in [6, 6.07) is 13.6. The molecule has 0 aliphatic carbocycles. The van der Waals surface area contributed by atoms with Crippen molar-refractivity contribution in [2.45, 2.75) is 19.8 Å². The smallest absolute Gasteiger partial charge is 0.303 e. The molecule has 0 saturated heterocycles. The molecule has 0 bridgehead atoms. The number of carboxylic acid groups (broad SMARTS) is 1. The van der Waals surface area contributed by atoms with Gasteiger partial charge in [0, 0.05) is 29.4 Å². The van der Waals surface area contributed by atoms with Gasteiger partial charge in [0.2, 0.25) is 0 Å². The summed E-state index contributed by atoms with van der Waals surface area (Å²) in [7, 11) is 0. The first-order chi connectivity index (χ1) is 10.2. The lowest BCUT2D eigenvalue weighted by molar-refractivity contribution is -0.138. The molecule has 21 heavy (non-hydrogen) atoms. The first-order valence-electron chi connectivity index (χ1n) is 7.03. The number of benzene rings is 2. The lowest BCUT2D eigenvalue weighted by Crippen LogP contribution is -2.17. The number of rotatable bonds is 6. The zero-order valence-corrected chi connectivity index (χ0v) is 12.0. The number of nitriles is 1. The molecule has 1 atom stereocenters. The van der Waals surface area contributed by atoms with Crippen LogP contribution >= 0.6 is 0 Å². The zero-order valence-electron chi connectivity index (χ0n) is 12.0. The number of nitrogens with one attached hydrogen (secondary N) is 1. The van der Waals surface area contributed by atoms with Gasteiger partial charge in [-0.05, 0) is 18.1 Å². The van der Waals surface area contributed by atoms with Gasteiger partial charge in [-0.2, -0.15) is 5.26 Å². The monoisotopic (exact) mass is 282 g/mol. The van der Waals surface area contributed by atoms with E-state index in [4.69, 9.17) is 10.4 Å². The minimum atomic E-state index is -0.770. The molecule has 2 N–H and O–H groups in total. The fraction of sp³-hybridized carbons (Fsp3) is 0.294. The first-order valence-corrected chi connectivity index (χ1v) is 7.03. The van der Waals surface area contributed by atoms with E-state index in [0.29, 0.717) is 12.1 Å². The van der Waals surface area contributed by atoms with Crippen LogP contribution in [-0.2, 0) is 4.79 Å². The highest BCUT2D eigenvalue weighted by atomic mass is 16.4. The second kappa shape index (κ2) is 6.76. The molecule has 0 aliphatic heterocycles. The third-order valence-electron chi connectivity index (χ3n) is 3.67. The quantitative estimate of drug-likeness (QED) is 0.848. The zero-order chi connectivity index (χ0) is 15.2. The van der Waals surface area contributed by atoms with E-state index in [1.54, 1.807) is 6.07 Å². The summed E-state index contributed by atoms with van der Waals surface area (Å²) >= 11 is 0. The topological polar surface area (TPSA) is 73.1 Å². The predicted molar refractivity (Wildman–Crippen MR) is 83.2 cm³/mol. The van der Waals surface area contributed by atoms with Gasteiger partial charge in [0.1, 0.15) is 0 Å². The molecule has 0 aliphatic rings. The minimum Gasteiger partial charge on any atom is -0.481 e. The maximum Gasteiger partial charge on any atom is 0.303 e. The highest BCUT2D eigenvalue weighted by molar-refractivity contribution is 5.97. The number of carbonyl (C=O) groups is 1. The van der Waals surface area contributed by atoms with Crippen LogP contribution in [0.5, 0.6) is 0 Å². The molecule has 0 fully saturated rings. The number of hydrogen-bond donors (Lipinski definition) is 2. The maximum absolute atomic E-state index is 10.8. The largest absolute Gasteiger partial charge is 0.481 e. The Bertz CT molecular complexity index is 689. The van der Waals surface area contributed by atoms with Crippen molar-refractivity contribution in [3.05, 3.63) is 42.0 Å². The summed E-state index contributed by atoms with van der Waals surface area (Å²) in [5.74, 6) is -0.676. The Morgan fingerprint density at radius 2 is 2.00 bits per heavy atom. The Kier molecular flexibility index (Phi) is 4.78. The molecule has 0 saturated carbocycles. The molecule has 0 radical (unpaired) electrons. The van der Waals surface area contributed by atoms with E-state index >= 15 is 0 Å². The van der Waals surface area contributed by atoms with E-state index in [9.17, 15) is 4.79 Å². The van der Waals surface area contributed by atoms with Crippen molar-refractivity contribution < 1.29 is 9.90 Å². The Morgan fingerprint density at radius 1 is 1.29 bits per heavy atom. The number of anilines is 1. The Labute approximate surface area is 124 Å². The second-order valence-corrected chi connectivity index (χ2v) is 5.07. The second-order valence-electron chi connectivity index (χ2n) is 5.07. The van der Waals surface area contributed by atoms with Gasteiger partial charge in [0.05, 0.1) is 11.6 Å². The van der Waals surface area contributed by atoms with Crippen LogP contribution in [0.4, 0.5) is 5.69 Å². The van der Waals surface area contributed by atoms with Gasteiger partial charge >= 0.3 is 5.97 Å². The van der Waals surface area contributed by atoms with Crippen molar-refractivity contribution in [2.75, 3.05) is 11.9 Å². The standard InChI is InChI=1S/C17H18N2O2/c1-2-12(9-17(20)21)11-19-16-8-7-13(10-18)14-5-3-4-6-15(14)16/h3-8,12,19H,2,9,11H2,1H3,(H,20,21). The molecule has 0 aromatic heterocycles. The minimum absolute atomic E-state index is 0.0944. The van der Waals surface area contributed by atoms with Gasteiger partial charge in [-0.25, -0.2) is 0 Å². The van der Waals surface area contributed by atoms with Crippen molar-refractivity contribution in [2.24, 2.45) is 5.92 Å². The fourth-order valence-corrected chi connectivity index (χ4v) is 2.41. The van der Waals surface area contributed by atoms with Gasteiger partial charge in [-0.3, -0.25) is 4.79 Å². The van der Waals surface area contributed by atoms with Crippen LogP contribution in [0, 0.1) is 17.2 Å². The summed E-state index contributed by atoms with van der Waals surface area (Å²) in [6.45, 7) is 2.60. The summed E-state index contributed by atoms with van der Waals surface area (Å²) in [4.78, 5) is 10.8. The normalized spacial score (nSPS) is 11.8. The van der Waals surface area contributed by atoms with Crippen LogP contribution in [0.2, 0.25) is 0 Å². The van der Waals surface area contributed by atoms with E-state index in [-0.39, 0.29) is 12.3 Å². The molecule has 0 heterocycles. The molecule has 2 aromatic rings. The third kappa shape index (κ3) is 3.51. The average molecular weight is 282 g/mol. The lowest BCUT2D eigenvalue weighted by Gasteiger charge is -2.16. The van der Waals surface area contributed by atoms with E-state index in [1.165, 1.54) is 0 Å². The number of fused-ring (bicyclic) bond motifs is 1. The molecule has 2 rings (SSSR count). The Morgan fingerprint density at radius 3 is 2.62 bits per heavy atom. The van der Waals surface area contributed by atoms with Crippen LogP contribution in [0.25, 0.3) is 10.8 Å². The van der Waals surface area contributed by atoms with E-state index < -0.39 is 5.97 Å². The van der Waals surface area contributed by atoms with Crippen LogP contribution in [-0.4, -0.2) is 17.6 Å². The average Bonchev–Trinajstić information content (AvgIpc) is 2.50. The summed E-state index contributed by atoms with van der Waals surface area (Å²) in [6.07, 6.45) is 0.977. The molecule has 0 spiro atoms. The van der Waals surface area contributed by atoms with Gasteiger partial charge in [-0.15, -0.1) is 0 Å². The van der Waals surface area contributed by atoms with Crippen LogP contribution < -0.4 is 5.32 Å². The highest BCUT2D eigenvalue weighted by Crippen LogP contribution is 2.26. The predicted octanol–water partition coefficient (Wildman–Crippen LogP) is 3.62. The van der Waals surface area contributed by atoms with Gasteiger partial charge < -0.3 is 10.4 Å². The number of nitrogens with zero attached hydrogens (tertiary/aromatic N) is 1. The van der Waals surface area contributed by atoms with E-state index in [2.05, 4.69) is 11.4 Å². The first kappa shape index (κ1) is 14.9.